The number of anilines is 1. The molecule has 6 heteroatoms. The summed E-state index contributed by atoms with van der Waals surface area (Å²) < 4.78 is 11.2. The highest BCUT2D eigenvalue weighted by atomic mass is 16.5. The van der Waals surface area contributed by atoms with Crippen molar-refractivity contribution in [1.82, 2.24) is 0 Å². The van der Waals surface area contributed by atoms with Crippen LogP contribution in [-0.2, 0) is 9.59 Å². The molecule has 6 nitrogen and oxygen atoms in total. The first kappa shape index (κ1) is 26.0. The highest BCUT2D eigenvalue weighted by Crippen LogP contribution is 2.43. The first-order valence-electron chi connectivity index (χ1n) is 12.4. The van der Waals surface area contributed by atoms with Crippen molar-refractivity contribution in [3.63, 3.8) is 0 Å². The van der Waals surface area contributed by atoms with Crippen LogP contribution in [0.3, 0.4) is 0 Å². The first-order chi connectivity index (χ1) is 17.6. The van der Waals surface area contributed by atoms with E-state index in [1.165, 1.54) is 4.90 Å². The van der Waals surface area contributed by atoms with E-state index >= 15 is 0 Å². The number of amides is 1. The van der Waals surface area contributed by atoms with Crippen LogP contribution in [0.1, 0.15) is 47.7 Å². The lowest BCUT2D eigenvalue weighted by molar-refractivity contribution is -0.132. The van der Waals surface area contributed by atoms with Crippen molar-refractivity contribution in [2.24, 2.45) is 5.92 Å². The molecule has 1 unspecified atom stereocenters. The Morgan fingerprint density at radius 2 is 1.59 bits per heavy atom. The molecule has 3 aromatic carbocycles. The van der Waals surface area contributed by atoms with Crippen LogP contribution in [0, 0.1) is 26.7 Å². The van der Waals surface area contributed by atoms with Crippen molar-refractivity contribution < 1.29 is 24.2 Å². The summed E-state index contributed by atoms with van der Waals surface area (Å²) in [6, 6.07) is 17.6. The van der Waals surface area contributed by atoms with E-state index in [1.807, 2.05) is 75.4 Å². The maximum atomic E-state index is 13.5. The minimum Gasteiger partial charge on any atom is -0.507 e. The second-order valence-corrected chi connectivity index (χ2v) is 9.92. The van der Waals surface area contributed by atoms with Gasteiger partial charge in [-0.05, 0) is 79.8 Å². The average molecular weight is 500 g/mol. The highest BCUT2D eigenvalue weighted by molar-refractivity contribution is 6.51. The van der Waals surface area contributed by atoms with Crippen LogP contribution in [0.5, 0.6) is 11.5 Å². The van der Waals surface area contributed by atoms with Gasteiger partial charge in [-0.2, -0.15) is 0 Å². The number of benzene rings is 3. The monoisotopic (exact) mass is 499 g/mol. The second-order valence-electron chi connectivity index (χ2n) is 9.92. The number of Topliss-reactive ketones (excluding diaryl/α,β-unsaturated/α-hetero) is 1. The Hall–Kier alpha value is -4.06. The molecule has 1 N–H and O–H groups in total. The summed E-state index contributed by atoms with van der Waals surface area (Å²) in [7, 11) is 1.59. The van der Waals surface area contributed by atoms with E-state index < -0.39 is 17.7 Å². The van der Waals surface area contributed by atoms with Gasteiger partial charge in [0.1, 0.15) is 17.3 Å². The van der Waals surface area contributed by atoms with Crippen molar-refractivity contribution in [2.45, 2.75) is 40.7 Å². The van der Waals surface area contributed by atoms with E-state index in [9.17, 15) is 14.7 Å². The number of rotatable bonds is 7. The zero-order chi connectivity index (χ0) is 26.9. The van der Waals surface area contributed by atoms with Gasteiger partial charge in [-0.1, -0.05) is 43.7 Å². The predicted octanol–water partition coefficient (Wildman–Crippen LogP) is 6.28. The largest absolute Gasteiger partial charge is 0.507 e. The molecule has 0 aromatic heterocycles. The van der Waals surface area contributed by atoms with Crippen molar-refractivity contribution in [3.8, 4) is 11.5 Å². The molecule has 1 saturated heterocycles. The lowest BCUT2D eigenvalue weighted by Gasteiger charge is -2.26. The van der Waals surface area contributed by atoms with E-state index in [1.54, 1.807) is 13.2 Å². The molecule has 1 amide bonds. The molecule has 192 valence electrons. The average Bonchev–Trinajstić information content (AvgIpc) is 3.14. The Morgan fingerprint density at radius 1 is 0.946 bits per heavy atom. The number of carbonyl (C=O) groups is 2. The normalized spacial score (nSPS) is 16.9. The number of aliphatic hydroxyl groups excluding tert-OH is 1. The lowest BCUT2D eigenvalue weighted by atomic mass is 9.93. The summed E-state index contributed by atoms with van der Waals surface area (Å²) >= 11 is 0. The number of ether oxygens (including phenoxy) is 2. The molecule has 0 bridgehead atoms. The molecule has 0 aliphatic carbocycles. The molecule has 4 rings (SSSR count). The molecule has 0 spiro atoms. The van der Waals surface area contributed by atoms with Crippen LogP contribution in [0.2, 0.25) is 0 Å². The first-order valence-corrected chi connectivity index (χ1v) is 12.4. The molecule has 37 heavy (non-hydrogen) atoms. The molecular formula is C31H33NO5. The van der Waals surface area contributed by atoms with Crippen molar-refractivity contribution in [1.29, 1.82) is 0 Å². The van der Waals surface area contributed by atoms with Crippen LogP contribution in [0.15, 0.2) is 66.2 Å². The zero-order valence-corrected chi connectivity index (χ0v) is 22.2. The maximum Gasteiger partial charge on any atom is 0.300 e. The van der Waals surface area contributed by atoms with Crippen LogP contribution < -0.4 is 14.4 Å². The van der Waals surface area contributed by atoms with Crippen LogP contribution in [-0.4, -0.2) is 30.5 Å². The van der Waals surface area contributed by atoms with Gasteiger partial charge in [-0.25, -0.2) is 0 Å². The van der Waals surface area contributed by atoms with Crippen molar-refractivity contribution in [2.75, 3.05) is 18.6 Å². The summed E-state index contributed by atoms with van der Waals surface area (Å²) in [6.45, 7) is 10.4. The van der Waals surface area contributed by atoms with Gasteiger partial charge in [0.05, 0.1) is 25.3 Å². The van der Waals surface area contributed by atoms with Gasteiger partial charge in [0, 0.05) is 11.3 Å². The van der Waals surface area contributed by atoms with E-state index in [0.717, 1.165) is 16.7 Å². The maximum absolute atomic E-state index is 13.5. The van der Waals surface area contributed by atoms with Crippen LogP contribution in [0.25, 0.3) is 5.76 Å². The van der Waals surface area contributed by atoms with Crippen molar-refractivity contribution in [3.05, 3.63) is 94.1 Å². The third kappa shape index (κ3) is 5.10. The van der Waals surface area contributed by atoms with Crippen molar-refractivity contribution >= 4 is 23.1 Å². The molecule has 1 fully saturated rings. The Bertz CT molecular complexity index is 1350. The predicted molar refractivity (Wildman–Crippen MR) is 145 cm³/mol. The molecule has 0 saturated carbocycles. The Morgan fingerprint density at radius 3 is 2.19 bits per heavy atom. The van der Waals surface area contributed by atoms with Gasteiger partial charge in [-0.15, -0.1) is 0 Å². The third-order valence-corrected chi connectivity index (χ3v) is 6.53. The summed E-state index contributed by atoms with van der Waals surface area (Å²) in [5.41, 5.74) is 4.40. The quantitative estimate of drug-likeness (QED) is 0.235. The minimum absolute atomic E-state index is 0.0501. The Balaban J connectivity index is 1.88. The summed E-state index contributed by atoms with van der Waals surface area (Å²) in [6.07, 6.45) is 0. The van der Waals surface area contributed by atoms with Gasteiger partial charge in [0.25, 0.3) is 11.7 Å². The van der Waals surface area contributed by atoms with E-state index in [-0.39, 0.29) is 11.3 Å². The van der Waals surface area contributed by atoms with Crippen LogP contribution in [0.4, 0.5) is 5.69 Å². The highest BCUT2D eigenvalue weighted by Gasteiger charge is 2.47. The van der Waals surface area contributed by atoms with Gasteiger partial charge >= 0.3 is 0 Å². The minimum atomic E-state index is -0.802. The number of methoxy groups -OCH3 is 1. The summed E-state index contributed by atoms with van der Waals surface area (Å²) in [5, 5.41) is 11.5. The van der Waals surface area contributed by atoms with Crippen LogP contribution >= 0.6 is 0 Å². The topological polar surface area (TPSA) is 76.1 Å². The number of aliphatic hydroxyl groups is 1. The zero-order valence-electron chi connectivity index (χ0n) is 22.2. The lowest BCUT2D eigenvalue weighted by Crippen LogP contribution is -2.29. The molecule has 3 aromatic rings. The van der Waals surface area contributed by atoms with Gasteiger partial charge in [0.2, 0.25) is 0 Å². The Labute approximate surface area is 218 Å². The van der Waals surface area contributed by atoms with E-state index in [0.29, 0.717) is 40.8 Å². The molecular weight excluding hydrogens is 466 g/mol. The number of hydrogen-bond acceptors (Lipinski definition) is 5. The molecule has 1 aliphatic heterocycles. The van der Waals surface area contributed by atoms with Gasteiger partial charge < -0.3 is 14.6 Å². The summed E-state index contributed by atoms with van der Waals surface area (Å²) in [4.78, 5) is 28.3. The second kappa shape index (κ2) is 10.5. The Kier molecular flexibility index (Phi) is 7.39. The van der Waals surface area contributed by atoms with E-state index in [2.05, 4.69) is 13.8 Å². The number of nitrogens with zero attached hydrogens (tertiary/aromatic N) is 1. The standard InChI is InChI=1S/C31H33NO5/c1-18(2)17-37-24-13-9-22(10-14-24)28-27(29(33)25-15-21(5)26(36-6)16-20(25)4)30(34)31(35)32(28)23-11-7-19(3)8-12-23/h7-16,18,28,33H,17H2,1-6H3/b29-27+. The fraction of sp³-hybridized carbons (Fsp3) is 0.290. The SMILES string of the molecule is COc1cc(C)c(/C(O)=C2\C(=O)C(=O)N(c3ccc(C)cc3)C2c2ccc(OCC(C)C)cc2)cc1C. The molecule has 1 heterocycles. The summed E-state index contributed by atoms with van der Waals surface area (Å²) in [5.74, 6) is 0.148. The van der Waals surface area contributed by atoms with Gasteiger partial charge in [0.15, 0.2) is 0 Å². The number of carbonyl (C=O) groups excluding carboxylic acids is 2. The number of ketones is 1. The molecule has 1 aliphatic rings. The van der Waals surface area contributed by atoms with E-state index in [4.69, 9.17) is 9.47 Å². The van der Waals surface area contributed by atoms with Gasteiger partial charge in [-0.3, -0.25) is 14.5 Å². The fourth-order valence-electron chi connectivity index (χ4n) is 4.54. The third-order valence-electron chi connectivity index (χ3n) is 6.53. The molecule has 0 radical (unpaired) electrons. The smallest absolute Gasteiger partial charge is 0.300 e. The number of hydrogen-bond donors (Lipinski definition) is 1. The fourth-order valence-corrected chi connectivity index (χ4v) is 4.54. The number of aryl methyl sites for hydroxylation is 3. The molecule has 1 atom stereocenters.